The van der Waals surface area contributed by atoms with E-state index in [1.807, 2.05) is 18.2 Å². The number of benzene rings is 1. The van der Waals surface area contributed by atoms with Crippen LogP contribution in [0.3, 0.4) is 0 Å². The molecule has 1 saturated heterocycles. The van der Waals surface area contributed by atoms with Gasteiger partial charge in [-0.05, 0) is 24.3 Å². The third-order valence-electron chi connectivity index (χ3n) is 3.42. The van der Waals surface area contributed by atoms with E-state index in [-0.39, 0.29) is 5.91 Å². The van der Waals surface area contributed by atoms with Crippen molar-refractivity contribution in [2.24, 2.45) is 0 Å². The van der Waals surface area contributed by atoms with Gasteiger partial charge in [0.25, 0.3) is 0 Å². The van der Waals surface area contributed by atoms with Crippen LogP contribution in [0, 0.1) is 0 Å². The van der Waals surface area contributed by atoms with E-state index < -0.39 is 12.4 Å². The van der Waals surface area contributed by atoms with E-state index in [0.29, 0.717) is 19.0 Å². The summed E-state index contributed by atoms with van der Waals surface area (Å²) in [5.41, 5.74) is 1.31. The lowest BCUT2D eigenvalue weighted by Gasteiger charge is -2.32. The van der Waals surface area contributed by atoms with Gasteiger partial charge in [0.15, 0.2) is 0 Å². The number of carboxylic acid groups (broad SMARTS) is 1. The normalized spacial score (nSPS) is 16.6. The smallest absolute Gasteiger partial charge is 0.312 e. The number of carbonyl (C=O) groups is 2. The number of hydrogen-bond donors (Lipinski definition) is 1. The number of carboxylic acids is 1. The quantitative estimate of drug-likeness (QED) is 0.829. The van der Waals surface area contributed by atoms with Crippen molar-refractivity contribution >= 4 is 11.9 Å². The zero-order valence-electron chi connectivity index (χ0n) is 10.2. The lowest BCUT2D eigenvalue weighted by Crippen LogP contribution is -2.38. The molecule has 0 spiro atoms. The molecule has 0 aliphatic carbocycles. The summed E-state index contributed by atoms with van der Waals surface area (Å²) in [6, 6.07) is 10.3. The van der Waals surface area contributed by atoms with E-state index in [4.69, 9.17) is 5.11 Å². The van der Waals surface area contributed by atoms with E-state index in [1.54, 1.807) is 4.90 Å². The number of carbonyl (C=O) groups excluding carboxylic acids is 1. The van der Waals surface area contributed by atoms with Crippen molar-refractivity contribution < 1.29 is 14.7 Å². The van der Waals surface area contributed by atoms with Crippen LogP contribution in [0.5, 0.6) is 0 Å². The van der Waals surface area contributed by atoms with Gasteiger partial charge in [-0.3, -0.25) is 9.59 Å². The molecular weight excluding hydrogens is 230 g/mol. The number of aliphatic carboxylic acids is 1. The SMILES string of the molecule is O=C(O)CC(=O)N1CCC(c2ccccc2)CC1. The molecule has 0 unspecified atom stereocenters. The Morgan fingerprint density at radius 3 is 2.33 bits per heavy atom. The topological polar surface area (TPSA) is 57.6 Å². The molecule has 1 amide bonds. The molecule has 4 nitrogen and oxygen atoms in total. The van der Waals surface area contributed by atoms with Crippen LogP contribution in [0.4, 0.5) is 0 Å². The van der Waals surface area contributed by atoms with Gasteiger partial charge in [0.1, 0.15) is 6.42 Å². The lowest BCUT2D eigenvalue weighted by atomic mass is 9.89. The fourth-order valence-corrected chi connectivity index (χ4v) is 2.43. The summed E-state index contributed by atoms with van der Waals surface area (Å²) in [4.78, 5) is 23.7. The molecule has 1 aliphatic rings. The number of amides is 1. The number of rotatable bonds is 3. The van der Waals surface area contributed by atoms with Crippen LogP contribution in [-0.4, -0.2) is 35.0 Å². The second-order valence-electron chi connectivity index (χ2n) is 4.64. The van der Waals surface area contributed by atoms with Gasteiger partial charge in [-0.15, -0.1) is 0 Å². The molecule has 0 saturated carbocycles. The van der Waals surface area contributed by atoms with Crippen LogP contribution in [0.1, 0.15) is 30.7 Å². The number of hydrogen-bond acceptors (Lipinski definition) is 2. The molecule has 96 valence electrons. The molecule has 2 rings (SSSR count). The van der Waals surface area contributed by atoms with E-state index in [2.05, 4.69) is 12.1 Å². The minimum Gasteiger partial charge on any atom is -0.481 e. The molecule has 0 radical (unpaired) electrons. The predicted molar refractivity (Wildman–Crippen MR) is 67.2 cm³/mol. The first-order chi connectivity index (χ1) is 8.66. The van der Waals surface area contributed by atoms with Crippen LogP contribution in [-0.2, 0) is 9.59 Å². The van der Waals surface area contributed by atoms with Crippen molar-refractivity contribution in [1.29, 1.82) is 0 Å². The van der Waals surface area contributed by atoms with Gasteiger partial charge in [0.2, 0.25) is 5.91 Å². The van der Waals surface area contributed by atoms with Gasteiger partial charge < -0.3 is 10.0 Å². The molecule has 1 aliphatic heterocycles. The fourth-order valence-electron chi connectivity index (χ4n) is 2.43. The zero-order chi connectivity index (χ0) is 13.0. The third-order valence-corrected chi connectivity index (χ3v) is 3.42. The van der Waals surface area contributed by atoms with Crippen molar-refractivity contribution in [1.82, 2.24) is 4.90 Å². The van der Waals surface area contributed by atoms with E-state index in [0.717, 1.165) is 12.8 Å². The molecule has 0 bridgehead atoms. The summed E-state index contributed by atoms with van der Waals surface area (Å²) in [7, 11) is 0. The van der Waals surface area contributed by atoms with E-state index >= 15 is 0 Å². The maximum Gasteiger partial charge on any atom is 0.312 e. The highest BCUT2D eigenvalue weighted by molar-refractivity contribution is 5.93. The van der Waals surface area contributed by atoms with Gasteiger partial charge in [0, 0.05) is 13.1 Å². The Morgan fingerprint density at radius 1 is 1.17 bits per heavy atom. The summed E-state index contributed by atoms with van der Waals surface area (Å²) in [5, 5.41) is 8.60. The Bertz CT molecular complexity index is 422. The molecule has 4 heteroatoms. The first-order valence-electron chi connectivity index (χ1n) is 6.21. The van der Waals surface area contributed by atoms with Crippen LogP contribution >= 0.6 is 0 Å². The fraction of sp³-hybridized carbons (Fsp3) is 0.429. The summed E-state index contributed by atoms with van der Waals surface area (Å²) < 4.78 is 0. The molecule has 18 heavy (non-hydrogen) atoms. The van der Waals surface area contributed by atoms with E-state index in [1.165, 1.54) is 5.56 Å². The second kappa shape index (κ2) is 5.67. The standard InChI is InChI=1S/C14H17NO3/c16-13(10-14(17)18)15-8-6-12(7-9-15)11-4-2-1-3-5-11/h1-5,12H,6-10H2,(H,17,18). The molecule has 1 fully saturated rings. The first-order valence-corrected chi connectivity index (χ1v) is 6.21. The average molecular weight is 247 g/mol. The molecule has 0 aromatic heterocycles. The lowest BCUT2D eigenvalue weighted by molar-refractivity contribution is -0.144. The number of nitrogens with zero attached hydrogens (tertiary/aromatic N) is 1. The third kappa shape index (κ3) is 3.09. The zero-order valence-corrected chi connectivity index (χ0v) is 10.2. The van der Waals surface area contributed by atoms with Crippen molar-refractivity contribution in [3.05, 3.63) is 35.9 Å². The van der Waals surface area contributed by atoms with Crippen LogP contribution in [0.15, 0.2) is 30.3 Å². The summed E-state index contributed by atoms with van der Waals surface area (Å²) in [6.07, 6.45) is 1.43. The van der Waals surface area contributed by atoms with E-state index in [9.17, 15) is 9.59 Å². The first kappa shape index (κ1) is 12.6. The highest BCUT2D eigenvalue weighted by atomic mass is 16.4. The maximum absolute atomic E-state index is 11.6. The highest BCUT2D eigenvalue weighted by Gasteiger charge is 2.24. The Kier molecular flexibility index (Phi) is 3.97. The van der Waals surface area contributed by atoms with Crippen molar-refractivity contribution in [2.45, 2.75) is 25.2 Å². The molecular formula is C14H17NO3. The maximum atomic E-state index is 11.6. The predicted octanol–water partition coefficient (Wildman–Crippen LogP) is 1.87. The van der Waals surface area contributed by atoms with Crippen LogP contribution < -0.4 is 0 Å². The van der Waals surface area contributed by atoms with Crippen molar-refractivity contribution in [3.63, 3.8) is 0 Å². The molecule has 1 aromatic carbocycles. The average Bonchev–Trinajstić information content (AvgIpc) is 2.39. The number of likely N-dealkylation sites (tertiary alicyclic amines) is 1. The van der Waals surface area contributed by atoms with Gasteiger partial charge in [-0.2, -0.15) is 0 Å². The minimum atomic E-state index is -1.05. The highest BCUT2D eigenvalue weighted by Crippen LogP contribution is 2.27. The molecule has 1 N–H and O–H groups in total. The Hall–Kier alpha value is -1.84. The van der Waals surface area contributed by atoms with Gasteiger partial charge >= 0.3 is 5.97 Å². The summed E-state index contributed by atoms with van der Waals surface area (Å²) in [5.74, 6) is -0.834. The minimum absolute atomic E-state index is 0.269. The Balaban J connectivity index is 1.88. The van der Waals surface area contributed by atoms with Crippen LogP contribution in [0.25, 0.3) is 0 Å². The number of piperidine rings is 1. The van der Waals surface area contributed by atoms with Gasteiger partial charge in [-0.1, -0.05) is 30.3 Å². The Morgan fingerprint density at radius 2 is 1.78 bits per heavy atom. The van der Waals surface area contributed by atoms with Gasteiger partial charge in [0.05, 0.1) is 0 Å². The molecule has 0 atom stereocenters. The summed E-state index contributed by atoms with van der Waals surface area (Å²) in [6.45, 7) is 1.32. The van der Waals surface area contributed by atoms with Gasteiger partial charge in [-0.25, -0.2) is 0 Å². The molecule has 1 aromatic rings. The largest absolute Gasteiger partial charge is 0.481 e. The second-order valence-corrected chi connectivity index (χ2v) is 4.64. The van der Waals surface area contributed by atoms with Crippen LogP contribution in [0.2, 0.25) is 0 Å². The summed E-state index contributed by atoms with van der Waals surface area (Å²) >= 11 is 0. The monoisotopic (exact) mass is 247 g/mol. The van der Waals surface area contributed by atoms with Crippen molar-refractivity contribution in [2.75, 3.05) is 13.1 Å². The molecule has 1 heterocycles. The van der Waals surface area contributed by atoms with Crippen molar-refractivity contribution in [3.8, 4) is 0 Å². The Labute approximate surface area is 106 Å².